The lowest BCUT2D eigenvalue weighted by atomic mass is 10.1. The van der Waals surface area contributed by atoms with Crippen molar-refractivity contribution in [2.24, 2.45) is 0 Å². The van der Waals surface area contributed by atoms with Crippen molar-refractivity contribution in [2.75, 3.05) is 6.61 Å². The van der Waals surface area contributed by atoms with Gasteiger partial charge < -0.3 is 30.0 Å². The first-order valence-corrected chi connectivity index (χ1v) is 8.23. The predicted octanol–water partition coefficient (Wildman–Crippen LogP) is 0.454. The zero-order chi connectivity index (χ0) is 18.8. The highest BCUT2D eigenvalue weighted by Gasteiger charge is 2.31. The second-order valence-corrected chi connectivity index (χ2v) is 5.78. The van der Waals surface area contributed by atoms with Gasteiger partial charge in [-0.2, -0.15) is 0 Å². The summed E-state index contributed by atoms with van der Waals surface area (Å²) in [4.78, 5) is 23.1. The summed E-state index contributed by atoms with van der Waals surface area (Å²) >= 11 is 0. The van der Waals surface area contributed by atoms with Crippen LogP contribution in [0, 0.1) is 0 Å². The Kier molecular flexibility index (Phi) is 10.1. The summed E-state index contributed by atoms with van der Waals surface area (Å²) in [6, 6.07) is 18.3. The van der Waals surface area contributed by atoms with Crippen molar-refractivity contribution >= 4 is 12.1 Å². The molecule has 0 spiro atoms. The monoisotopic (exact) mass is 376 g/mol. The lowest BCUT2D eigenvalue weighted by molar-refractivity contribution is -0.150. The molecule has 0 heterocycles. The molecule has 7 heteroatoms. The van der Waals surface area contributed by atoms with Gasteiger partial charge in [0.05, 0.1) is 13.2 Å². The molecule has 146 valence electrons. The molecule has 3 atom stereocenters. The van der Waals surface area contributed by atoms with Crippen LogP contribution >= 0.6 is 0 Å². The van der Waals surface area contributed by atoms with Crippen molar-refractivity contribution in [3.63, 3.8) is 0 Å². The number of benzene rings is 2. The number of aliphatic hydroxyl groups is 2. The Morgan fingerprint density at radius 3 is 1.96 bits per heavy atom. The van der Waals surface area contributed by atoms with E-state index >= 15 is 0 Å². The first kappa shape index (κ1) is 22.6. The molecule has 0 fully saturated rings. The Bertz CT molecular complexity index is 675. The molecule has 0 bridgehead atoms. The van der Waals surface area contributed by atoms with Crippen molar-refractivity contribution in [1.29, 1.82) is 0 Å². The van der Waals surface area contributed by atoms with E-state index in [1.54, 1.807) is 12.1 Å². The SMILES string of the molecule is O.O=C[C@H](OCc1ccccc1)[C@@H](O)[C@@H](O)C(=O)COCc1ccccc1. The minimum absolute atomic E-state index is 0. The van der Waals surface area contributed by atoms with E-state index in [2.05, 4.69) is 0 Å². The van der Waals surface area contributed by atoms with E-state index in [1.807, 2.05) is 48.5 Å². The van der Waals surface area contributed by atoms with Gasteiger partial charge in [-0.25, -0.2) is 0 Å². The fourth-order valence-electron chi connectivity index (χ4n) is 2.28. The van der Waals surface area contributed by atoms with E-state index < -0.39 is 24.1 Å². The van der Waals surface area contributed by atoms with Gasteiger partial charge in [0.15, 0.2) is 12.1 Å². The van der Waals surface area contributed by atoms with Crippen LogP contribution in [0.1, 0.15) is 11.1 Å². The van der Waals surface area contributed by atoms with E-state index in [-0.39, 0.29) is 25.3 Å². The highest BCUT2D eigenvalue weighted by atomic mass is 16.5. The minimum Gasteiger partial charge on any atom is -0.412 e. The van der Waals surface area contributed by atoms with Gasteiger partial charge in [-0.05, 0) is 11.1 Å². The van der Waals surface area contributed by atoms with Crippen molar-refractivity contribution in [2.45, 2.75) is 31.5 Å². The molecule has 0 aliphatic heterocycles. The van der Waals surface area contributed by atoms with Gasteiger partial charge in [0.25, 0.3) is 0 Å². The maximum Gasteiger partial charge on any atom is 0.189 e. The summed E-state index contributed by atoms with van der Waals surface area (Å²) in [6.07, 6.45) is -4.38. The Labute approximate surface area is 157 Å². The molecule has 2 rings (SSSR count). The van der Waals surface area contributed by atoms with Crippen LogP contribution in [-0.2, 0) is 32.3 Å². The number of hydrogen-bond acceptors (Lipinski definition) is 6. The molecule has 27 heavy (non-hydrogen) atoms. The summed E-state index contributed by atoms with van der Waals surface area (Å²) in [5, 5.41) is 20.0. The Hall–Kier alpha value is -2.42. The number of rotatable bonds is 11. The maximum absolute atomic E-state index is 12.0. The molecule has 0 saturated carbocycles. The molecule has 2 aromatic rings. The lowest BCUT2D eigenvalue weighted by Gasteiger charge is -2.22. The zero-order valence-electron chi connectivity index (χ0n) is 14.7. The van der Waals surface area contributed by atoms with Gasteiger partial charge in [0.2, 0.25) is 0 Å². The second kappa shape index (κ2) is 12.1. The van der Waals surface area contributed by atoms with Gasteiger partial charge in [0.1, 0.15) is 24.9 Å². The number of ether oxygens (including phenoxy) is 2. The largest absolute Gasteiger partial charge is 0.412 e. The standard InChI is InChI=1S/C20H22O6.H2O/c21-11-18(26-13-16-9-5-2-6-10-16)20(24)19(23)17(22)14-25-12-15-7-3-1-4-8-15;/h1-11,18-20,23-24H,12-14H2;1H2/t18-,19-,20+;/m0./s1. The summed E-state index contributed by atoms with van der Waals surface area (Å²) in [7, 11) is 0. The molecule has 4 N–H and O–H groups in total. The van der Waals surface area contributed by atoms with Crippen LogP contribution in [0.3, 0.4) is 0 Å². The van der Waals surface area contributed by atoms with Crippen molar-refractivity contribution in [1.82, 2.24) is 0 Å². The van der Waals surface area contributed by atoms with E-state index in [0.29, 0.717) is 6.29 Å². The highest BCUT2D eigenvalue weighted by molar-refractivity contribution is 5.85. The Morgan fingerprint density at radius 1 is 0.926 bits per heavy atom. The molecule has 0 saturated heterocycles. The molecule has 0 amide bonds. The van der Waals surface area contributed by atoms with E-state index in [9.17, 15) is 19.8 Å². The topological polar surface area (TPSA) is 125 Å². The van der Waals surface area contributed by atoms with Gasteiger partial charge in [-0.15, -0.1) is 0 Å². The molecule has 7 nitrogen and oxygen atoms in total. The molecule has 0 aromatic heterocycles. The van der Waals surface area contributed by atoms with Crippen LogP contribution in [0.15, 0.2) is 60.7 Å². The molecular weight excluding hydrogens is 352 g/mol. The van der Waals surface area contributed by atoms with Crippen LogP contribution in [0.4, 0.5) is 0 Å². The number of Topliss-reactive ketones (excluding diaryl/α,β-unsaturated/α-hetero) is 1. The zero-order valence-corrected chi connectivity index (χ0v) is 14.7. The van der Waals surface area contributed by atoms with Crippen LogP contribution < -0.4 is 0 Å². The maximum atomic E-state index is 12.0. The van der Waals surface area contributed by atoms with Gasteiger partial charge in [-0.3, -0.25) is 4.79 Å². The number of aldehydes is 1. The third kappa shape index (κ3) is 7.38. The number of hydrogen-bond donors (Lipinski definition) is 2. The quantitative estimate of drug-likeness (QED) is 0.549. The Morgan fingerprint density at radius 2 is 1.44 bits per heavy atom. The first-order valence-electron chi connectivity index (χ1n) is 8.23. The first-order chi connectivity index (χ1) is 12.6. The summed E-state index contributed by atoms with van der Waals surface area (Å²) in [5.41, 5.74) is 1.69. The number of carbonyl (C=O) groups is 2. The fraction of sp³-hybridized carbons (Fsp3) is 0.300. The van der Waals surface area contributed by atoms with Crippen LogP contribution in [0.5, 0.6) is 0 Å². The molecule has 0 aliphatic rings. The summed E-state index contributed by atoms with van der Waals surface area (Å²) < 4.78 is 10.6. The highest BCUT2D eigenvalue weighted by Crippen LogP contribution is 2.09. The fourth-order valence-corrected chi connectivity index (χ4v) is 2.28. The average Bonchev–Trinajstić information content (AvgIpc) is 2.69. The Balaban J connectivity index is 0.00000364. The lowest BCUT2D eigenvalue weighted by Crippen LogP contribution is -2.45. The smallest absolute Gasteiger partial charge is 0.189 e. The average molecular weight is 376 g/mol. The van der Waals surface area contributed by atoms with Gasteiger partial charge in [0, 0.05) is 0 Å². The molecular formula is C20H24O7. The number of ketones is 1. The minimum atomic E-state index is -1.77. The van der Waals surface area contributed by atoms with Gasteiger partial charge in [-0.1, -0.05) is 60.7 Å². The van der Waals surface area contributed by atoms with Crippen molar-refractivity contribution in [3.8, 4) is 0 Å². The summed E-state index contributed by atoms with van der Waals surface area (Å²) in [6.45, 7) is -0.0961. The second-order valence-electron chi connectivity index (χ2n) is 5.78. The van der Waals surface area contributed by atoms with Crippen LogP contribution in [0.25, 0.3) is 0 Å². The number of aliphatic hydroxyl groups excluding tert-OH is 2. The third-order valence-corrected chi connectivity index (χ3v) is 3.77. The van der Waals surface area contributed by atoms with Crippen LogP contribution in [0.2, 0.25) is 0 Å². The normalized spacial score (nSPS) is 13.9. The molecule has 0 unspecified atom stereocenters. The van der Waals surface area contributed by atoms with Crippen molar-refractivity contribution < 1.29 is 34.8 Å². The third-order valence-electron chi connectivity index (χ3n) is 3.77. The van der Waals surface area contributed by atoms with E-state index in [4.69, 9.17) is 9.47 Å². The molecule has 0 radical (unpaired) electrons. The molecule has 0 aliphatic carbocycles. The van der Waals surface area contributed by atoms with Crippen LogP contribution in [-0.4, -0.2) is 52.7 Å². The van der Waals surface area contributed by atoms with Crippen molar-refractivity contribution in [3.05, 3.63) is 71.8 Å². The van der Waals surface area contributed by atoms with E-state index in [0.717, 1.165) is 11.1 Å². The predicted molar refractivity (Wildman–Crippen MR) is 97.8 cm³/mol. The summed E-state index contributed by atoms with van der Waals surface area (Å²) in [5.74, 6) is -0.719. The molecule has 2 aromatic carbocycles. The number of carbonyl (C=O) groups excluding carboxylic acids is 2. The van der Waals surface area contributed by atoms with Gasteiger partial charge >= 0.3 is 0 Å². The van der Waals surface area contributed by atoms with E-state index in [1.165, 1.54) is 0 Å².